The van der Waals surface area contributed by atoms with Gasteiger partial charge in [0.1, 0.15) is 11.5 Å². The van der Waals surface area contributed by atoms with Crippen LogP contribution in [0.15, 0.2) is 77.6 Å². The lowest BCUT2D eigenvalue weighted by Gasteiger charge is -2.05. The lowest BCUT2D eigenvalue weighted by molar-refractivity contribution is 0.0946. The Balaban J connectivity index is 1.27. The third-order valence-electron chi connectivity index (χ3n) is 4.37. The molecule has 4 rings (SSSR count). The van der Waals surface area contributed by atoms with Crippen LogP contribution in [0.2, 0.25) is 0 Å². The summed E-state index contributed by atoms with van der Waals surface area (Å²) in [5, 5.41) is 6.64. The van der Waals surface area contributed by atoms with Gasteiger partial charge < -0.3 is 23.9 Å². The van der Waals surface area contributed by atoms with Gasteiger partial charge in [-0.3, -0.25) is 4.79 Å². The maximum Gasteiger partial charge on any atom is 0.251 e. The van der Waals surface area contributed by atoms with Crippen LogP contribution in [0, 0.1) is 0 Å². The van der Waals surface area contributed by atoms with Crippen LogP contribution in [-0.4, -0.2) is 27.7 Å². The average molecular weight is 404 g/mol. The van der Waals surface area contributed by atoms with E-state index in [1.807, 2.05) is 41.2 Å². The van der Waals surface area contributed by atoms with Gasteiger partial charge in [0, 0.05) is 23.6 Å². The number of ether oxygens (including phenoxy) is 2. The van der Waals surface area contributed by atoms with Gasteiger partial charge in [0.05, 0.1) is 13.7 Å². The minimum atomic E-state index is -0.219. The van der Waals surface area contributed by atoms with Crippen molar-refractivity contribution in [3.05, 3.63) is 90.3 Å². The van der Waals surface area contributed by atoms with Crippen molar-refractivity contribution in [3.63, 3.8) is 0 Å². The summed E-state index contributed by atoms with van der Waals surface area (Å²) >= 11 is 0. The molecule has 4 aromatic rings. The molecule has 0 aliphatic heterocycles. The monoisotopic (exact) mass is 404 g/mol. The Bertz CT molecular complexity index is 1090. The summed E-state index contributed by atoms with van der Waals surface area (Å²) in [4.78, 5) is 16.6. The number of methoxy groups -OCH3 is 1. The van der Waals surface area contributed by atoms with Gasteiger partial charge in [-0.2, -0.15) is 4.98 Å². The molecule has 0 unspecified atom stereocenters. The molecule has 2 aromatic carbocycles. The fourth-order valence-electron chi connectivity index (χ4n) is 2.79. The highest BCUT2D eigenvalue weighted by atomic mass is 16.5. The van der Waals surface area contributed by atoms with Crippen molar-refractivity contribution in [2.75, 3.05) is 7.11 Å². The molecule has 0 saturated heterocycles. The zero-order chi connectivity index (χ0) is 20.8. The molecule has 0 atom stereocenters. The lowest BCUT2D eigenvalue weighted by atomic mass is 10.2. The first kappa shape index (κ1) is 19.3. The van der Waals surface area contributed by atoms with Crippen LogP contribution in [0.4, 0.5) is 0 Å². The number of hydrogen-bond donors (Lipinski definition) is 1. The number of rotatable bonds is 8. The second-order valence-corrected chi connectivity index (χ2v) is 6.39. The first-order valence-corrected chi connectivity index (χ1v) is 9.31. The van der Waals surface area contributed by atoms with Crippen molar-refractivity contribution in [2.45, 2.75) is 13.2 Å². The van der Waals surface area contributed by atoms with Crippen LogP contribution in [-0.2, 0) is 13.2 Å². The molecule has 1 amide bonds. The first-order chi connectivity index (χ1) is 14.7. The van der Waals surface area contributed by atoms with E-state index in [0.717, 1.165) is 11.4 Å². The zero-order valence-corrected chi connectivity index (χ0v) is 16.3. The number of hydrogen-bond acceptors (Lipinski definition) is 6. The van der Waals surface area contributed by atoms with Crippen molar-refractivity contribution >= 4 is 5.91 Å². The van der Waals surface area contributed by atoms with Crippen LogP contribution in [0.1, 0.15) is 22.1 Å². The summed E-state index contributed by atoms with van der Waals surface area (Å²) in [5.74, 6) is 1.90. The fourth-order valence-corrected chi connectivity index (χ4v) is 2.79. The maximum atomic E-state index is 12.3. The molecule has 2 heterocycles. The van der Waals surface area contributed by atoms with E-state index in [-0.39, 0.29) is 19.1 Å². The predicted molar refractivity (Wildman–Crippen MR) is 109 cm³/mol. The van der Waals surface area contributed by atoms with Crippen molar-refractivity contribution in [2.24, 2.45) is 0 Å². The standard InChI is InChI=1S/C22H20N4O4/c1-28-18-8-10-19(11-9-18)29-15-20-24-21(30-25-20)14-23-22(27)16-4-6-17(7-5-16)26-12-2-3-13-26/h2-13H,14-15H2,1H3,(H,23,27). The maximum absolute atomic E-state index is 12.3. The molecular weight excluding hydrogens is 384 g/mol. The Hall–Kier alpha value is -4.07. The number of carbonyl (C=O) groups is 1. The third kappa shape index (κ3) is 4.67. The summed E-state index contributed by atoms with van der Waals surface area (Å²) in [7, 11) is 1.61. The van der Waals surface area contributed by atoms with E-state index in [1.54, 1.807) is 43.5 Å². The summed E-state index contributed by atoms with van der Waals surface area (Å²) in [6, 6.07) is 18.4. The van der Waals surface area contributed by atoms with E-state index in [4.69, 9.17) is 14.0 Å². The molecule has 2 aromatic heterocycles. The molecule has 1 N–H and O–H groups in total. The van der Waals surface area contributed by atoms with Crippen molar-refractivity contribution in [3.8, 4) is 17.2 Å². The Kier molecular flexibility index (Phi) is 5.75. The number of aromatic nitrogens is 3. The Morgan fingerprint density at radius 3 is 2.43 bits per heavy atom. The average Bonchev–Trinajstić information content (AvgIpc) is 3.49. The molecule has 0 saturated carbocycles. The Labute approximate surface area is 173 Å². The molecule has 0 fully saturated rings. The SMILES string of the molecule is COc1ccc(OCc2noc(CNC(=O)c3ccc(-n4cccc4)cc3)n2)cc1. The van der Waals surface area contributed by atoms with Crippen LogP contribution in [0.5, 0.6) is 11.5 Å². The van der Waals surface area contributed by atoms with Crippen LogP contribution in [0.3, 0.4) is 0 Å². The zero-order valence-electron chi connectivity index (χ0n) is 16.3. The van der Waals surface area contributed by atoms with Gasteiger partial charge >= 0.3 is 0 Å². The smallest absolute Gasteiger partial charge is 0.251 e. The second-order valence-electron chi connectivity index (χ2n) is 6.39. The van der Waals surface area contributed by atoms with Crippen molar-refractivity contribution in [1.82, 2.24) is 20.0 Å². The van der Waals surface area contributed by atoms with E-state index < -0.39 is 0 Å². The Morgan fingerprint density at radius 2 is 1.73 bits per heavy atom. The summed E-state index contributed by atoms with van der Waals surface area (Å²) in [6.45, 7) is 0.290. The summed E-state index contributed by atoms with van der Waals surface area (Å²) in [5.41, 5.74) is 1.53. The number of amides is 1. The predicted octanol–water partition coefficient (Wildman–Crippen LogP) is 3.38. The number of nitrogens with zero attached hydrogens (tertiary/aromatic N) is 3. The van der Waals surface area contributed by atoms with Crippen molar-refractivity contribution < 1.29 is 18.8 Å². The number of benzene rings is 2. The molecule has 0 aliphatic carbocycles. The highest BCUT2D eigenvalue weighted by Crippen LogP contribution is 2.17. The van der Waals surface area contributed by atoms with Crippen LogP contribution >= 0.6 is 0 Å². The van der Waals surface area contributed by atoms with Gasteiger partial charge in [-0.15, -0.1) is 0 Å². The normalized spacial score (nSPS) is 10.6. The van der Waals surface area contributed by atoms with E-state index in [0.29, 0.717) is 23.0 Å². The molecular formula is C22H20N4O4. The Morgan fingerprint density at radius 1 is 1.03 bits per heavy atom. The fraction of sp³-hybridized carbons (Fsp3) is 0.136. The highest BCUT2D eigenvalue weighted by molar-refractivity contribution is 5.94. The molecule has 30 heavy (non-hydrogen) atoms. The largest absolute Gasteiger partial charge is 0.497 e. The van der Waals surface area contributed by atoms with Crippen molar-refractivity contribution in [1.29, 1.82) is 0 Å². The summed E-state index contributed by atoms with van der Waals surface area (Å²) < 4.78 is 17.8. The molecule has 152 valence electrons. The topological polar surface area (TPSA) is 91.4 Å². The first-order valence-electron chi connectivity index (χ1n) is 9.31. The minimum absolute atomic E-state index is 0.133. The van der Waals surface area contributed by atoms with Gasteiger partial charge in [0.25, 0.3) is 5.91 Å². The van der Waals surface area contributed by atoms with Crippen LogP contribution in [0.25, 0.3) is 5.69 Å². The molecule has 8 nitrogen and oxygen atoms in total. The van der Waals surface area contributed by atoms with Gasteiger partial charge in [-0.05, 0) is 60.7 Å². The summed E-state index contributed by atoms with van der Waals surface area (Å²) in [6.07, 6.45) is 3.89. The van der Waals surface area contributed by atoms with Gasteiger partial charge in [-0.1, -0.05) is 5.16 Å². The van der Waals surface area contributed by atoms with Crippen LogP contribution < -0.4 is 14.8 Å². The number of nitrogens with one attached hydrogen (secondary N) is 1. The third-order valence-corrected chi connectivity index (χ3v) is 4.37. The molecule has 0 bridgehead atoms. The molecule has 0 spiro atoms. The molecule has 0 radical (unpaired) electrons. The van der Waals surface area contributed by atoms with E-state index in [2.05, 4.69) is 15.5 Å². The van der Waals surface area contributed by atoms with Gasteiger partial charge in [0.15, 0.2) is 6.61 Å². The number of carbonyl (C=O) groups excluding carboxylic acids is 1. The van der Waals surface area contributed by atoms with Gasteiger partial charge in [0.2, 0.25) is 11.7 Å². The van der Waals surface area contributed by atoms with Gasteiger partial charge in [-0.25, -0.2) is 0 Å². The minimum Gasteiger partial charge on any atom is -0.497 e. The highest BCUT2D eigenvalue weighted by Gasteiger charge is 2.10. The quantitative estimate of drug-likeness (QED) is 0.484. The van der Waals surface area contributed by atoms with E-state index in [9.17, 15) is 4.79 Å². The molecule has 0 aliphatic rings. The van der Waals surface area contributed by atoms with E-state index >= 15 is 0 Å². The lowest BCUT2D eigenvalue weighted by Crippen LogP contribution is -2.23. The van der Waals surface area contributed by atoms with E-state index in [1.165, 1.54) is 0 Å². The second kappa shape index (κ2) is 8.95. The molecule has 8 heteroatoms.